The SMILES string of the molecule is Cc1cc(CC[C@H]2CCCN2Cc2ccc(S(C)(=O)=O)cc2)ccn1. The summed E-state index contributed by atoms with van der Waals surface area (Å²) in [6.07, 6.45) is 7.86. The van der Waals surface area contributed by atoms with Crippen molar-refractivity contribution < 1.29 is 8.42 Å². The number of rotatable bonds is 6. The first-order valence-electron chi connectivity index (χ1n) is 8.86. The third kappa shape index (κ3) is 4.89. The van der Waals surface area contributed by atoms with Crippen molar-refractivity contribution in [3.63, 3.8) is 0 Å². The summed E-state index contributed by atoms with van der Waals surface area (Å²) >= 11 is 0. The van der Waals surface area contributed by atoms with E-state index in [4.69, 9.17) is 0 Å². The molecule has 1 aromatic heterocycles. The molecular formula is C20H26N2O2S. The van der Waals surface area contributed by atoms with E-state index in [1.165, 1.54) is 30.2 Å². The van der Waals surface area contributed by atoms with Crippen LogP contribution in [0.15, 0.2) is 47.5 Å². The van der Waals surface area contributed by atoms with Crippen LogP contribution in [0.25, 0.3) is 0 Å². The number of benzene rings is 1. The van der Waals surface area contributed by atoms with Gasteiger partial charge in [0.2, 0.25) is 0 Å². The molecule has 0 amide bonds. The Morgan fingerprint density at radius 2 is 1.92 bits per heavy atom. The zero-order valence-corrected chi connectivity index (χ0v) is 15.8. The van der Waals surface area contributed by atoms with Crippen molar-refractivity contribution in [2.24, 2.45) is 0 Å². The predicted octanol–water partition coefficient (Wildman–Crippen LogP) is 3.39. The van der Waals surface area contributed by atoms with Crippen LogP contribution in [0.4, 0.5) is 0 Å². The van der Waals surface area contributed by atoms with Crippen LogP contribution >= 0.6 is 0 Å². The first kappa shape index (κ1) is 18.1. The summed E-state index contributed by atoms with van der Waals surface area (Å²) in [4.78, 5) is 7.18. The minimum absolute atomic E-state index is 0.391. The number of hydrogen-bond donors (Lipinski definition) is 0. The molecule has 0 N–H and O–H groups in total. The van der Waals surface area contributed by atoms with Crippen molar-refractivity contribution in [3.8, 4) is 0 Å². The summed E-state index contributed by atoms with van der Waals surface area (Å²) < 4.78 is 23.1. The van der Waals surface area contributed by atoms with Crippen LogP contribution in [-0.2, 0) is 22.8 Å². The molecule has 3 rings (SSSR count). The molecule has 1 fully saturated rings. The van der Waals surface area contributed by atoms with Crippen molar-refractivity contribution in [2.45, 2.75) is 50.1 Å². The fraction of sp³-hybridized carbons (Fsp3) is 0.450. The van der Waals surface area contributed by atoms with Crippen molar-refractivity contribution in [3.05, 3.63) is 59.4 Å². The Morgan fingerprint density at radius 1 is 1.16 bits per heavy atom. The molecule has 5 heteroatoms. The molecule has 4 nitrogen and oxygen atoms in total. The molecular weight excluding hydrogens is 332 g/mol. The third-order valence-electron chi connectivity index (χ3n) is 4.96. The number of pyridine rings is 1. The van der Waals surface area contributed by atoms with Gasteiger partial charge >= 0.3 is 0 Å². The molecule has 0 unspecified atom stereocenters. The average molecular weight is 359 g/mol. The maximum absolute atomic E-state index is 11.6. The molecule has 1 atom stereocenters. The van der Waals surface area contributed by atoms with Crippen LogP contribution in [0.1, 0.15) is 36.1 Å². The summed E-state index contributed by atoms with van der Waals surface area (Å²) in [5.41, 5.74) is 3.61. The van der Waals surface area contributed by atoms with Crippen LogP contribution in [0.3, 0.4) is 0 Å². The Bertz CT molecular complexity index is 816. The summed E-state index contributed by atoms with van der Waals surface area (Å²) in [5, 5.41) is 0. The van der Waals surface area contributed by atoms with E-state index in [1.807, 2.05) is 25.3 Å². The van der Waals surface area contributed by atoms with E-state index < -0.39 is 9.84 Å². The maximum atomic E-state index is 11.6. The molecule has 0 radical (unpaired) electrons. The highest BCUT2D eigenvalue weighted by molar-refractivity contribution is 7.90. The summed E-state index contributed by atoms with van der Waals surface area (Å²) in [6, 6.07) is 12.2. The highest BCUT2D eigenvalue weighted by atomic mass is 32.2. The van der Waals surface area contributed by atoms with Gasteiger partial charge < -0.3 is 0 Å². The molecule has 1 aliphatic rings. The monoisotopic (exact) mass is 358 g/mol. The van der Waals surface area contributed by atoms with E-state index in [9.17, 15) is 8.42 Å². The molecule has 1 aromatic carbocycles. The molecule has 1 saturated heterocycles. The van der Waals surface area contributed by atoms with E-state index >= 15 is 0 Å². The lowest BCUT2D eigenvalue weighted by molar-refractivity contribution is 0.234. The zero-order chi connectivity index (χ0) is 17.9. The van der Waals surface area contributed by atoms with E-state index in [0.717, 1.165) is 31.6 Å². The van der Waals surface area contributed by atoms with Crippen LogP contribution in [0, 0.1) is 6.92 Å². The zero-order valence-electron chi connectivity index (χ0n) is 15.0. The second-order valence-electron chi connectivity index (χ2n) is 7.03. The van der Waals surface area contributed by atoms with Gasteiger partial charge in [0.05, 0.1) is 4.90 Å². The van der Waals surface area contributed by atoms with Gasteiger partial charge in [0, 0.05) is 30.7 Å². The summed E-state index contributed by atoms with van der Waals surface area (Å²) in [7, 11) is -3.12. The number of nitrogens with zero attached hydrogens (tertiary/aromatic N) is 2. The lowest BCUT2D eigenvalue weighted by Gasteiger charge is -2.24. The van der Waals surface area contributed by atoms with Gasteiger partial charge in [0.15, 0.2) is 9.84 Å². The van der Waals surface area contributed by atoms with Crippen molar-refractivity contribution >= 4 is 9.84 Å². The Balaban J connectivity index is 1.60. The molecule has 2 aromatic rings. The summed E-state index contributed by atoms with van der Waals surface area (Å²) in [6.45, 7) is 4.05. The van der Waals surface area contributed by atoms with Gasteiger partial charge in [-0.15, -0.1) is 0 Å². The second kappa shape index (κ2) is 7.67. The highest BCUT2D eigenvalue weighted by Gasteiger charge is 2.24. The van der Waals surface area contributed by atoms with Crippen LogP contribution in [0.5, 0.6) is 0 Å². The fourth-order valence-corrected chi connectivity index (χ4v) is 4.23. The molecule has 25 heavy (non-hydrogen) atoms. The predicted molar refractivity (Wildman–Crippen MR) is 100 cm³/mol. The van der Waals surface area contributed by atoms with Gasteiger partial charge in [0.25, 0.3) is 0 Å². The number of sulfone groups is 1. The van der Waals surface area contributed by atoms with E-state index in [1.54, 1.807) is 12.1 Å². The molecule has 134 valence electrons. The van der Waals surface area contributed by atoms with E-state index in [0.29, 0.717) is 10.9 Å². The van der Waals surface area contributed by atoms with Crippen molar-refractivity contribution in [1.29, 1.82) is 0 Å². The smallest absolute Gasteiger partial charge is 0.175 e. The largest absolute Gasteiger partial charge is 0.296 e. The Hall–Kier alpha value is -1.72. The normalized spacial score (nSPS) is 18.6. The first-order chi connectivity index (χ1) is 11.9. The van der Waals surface area contributed by atoms with Gasteiger partial charge in [-0.25, -0.2) is 8.42 Å². The van der Waals surface area contributed by atoms with Crippen LogP contribution in [0.2, 0.25) is 0 Å². The quantitative estimate of drug-likeness (QED) is 0.794. The van der Waals surface area contributed by atoms with Gasteiger partial charge in [0.1, 0.15) is 0 Å². The first-order valence-corrected chi connectivity index (χ1v) is 10.8. The number of aryl methyl sites for hydroxylation is 2. The number of aromatic nitrogens is 1. The highest BCUT2D eigenvalue weighted by Crippen LogP contribution is 2.24. The number of hydrogen-bond acceptors (Lipinski definition) is 4. The molecule has 1 aliphatic heterocycles. The maximum Gasteiger partial charge on any atom is 0.175 e. The van der Waals surface area contributed by atoms with Crippen molar-refractivity contribution in [1.82, 2.24) is 9.88 Å². The number of likely N-dealkylation sites (tertiary alicyclic amines) is 1. The van der Waals surface area contributed by atoms with Gasteiger partial charge in [-0.1, -0.05) is 12.1 Å². The Labute approximate surface area is 150 Å². The van der Waals surface area contributed by atoms with Gasteiger partial charge in [-0.05, 0) is 74.5 Å². The van der Waals surface area contributed by atoms with Crippen molar-refractivity contribution in [2.75, 3.05) is 12.8 Å². The molecule has 0 spiro atoms. The molecule has 2 heterocycles. The average Bonchev–Trinajstić information content (AvgIpc) is 3.00. The van der Waals surface area contributed by atoms with E-state index in [-0.39, 0.29) is 0 Å². The van der Waals surface area contributed by atoms with Gasteiger partial charge in [-0.2, -0.15) is 0 Å². The lowest BCUT2D eigenvalue weighted by Crippen LogP contribution is -2.29. The topological polar surface area (TPSA) is 50.3 Å². The second-order valence-corrected chi connectivity index (χ2v) is 9.04. The van der Waals surface area contributed by atoms with Crippen LogP contribution < -0.4 is 0 Å². The lowest BCUT2D eigenvalue weighted by atomic mass is 10.0. The minimum Gasteiger partial charge on any atom is -0.296 e. The standard InChI is InChI=1S/C20H26N2O2S/c1-16-14-17(11-12-21-16)5-8-19-4-3-13-22(19)15-18-6-9-20(10-7-18)25(2,23)24/h6-7,9-12,14,19H,3-5,8,13,15H2,1-2H3/t19-/m1/s1. The third-order valence-corrected chi connectivity index (χ3v) is 6.09. The molecule has 0 saturated carbocycles. The van der Waals surface area contributed by atoms with Crippen LogP contribution in [-0.4, -0.2) is 37.1 Å². The Morgan fingerprint density at radius 3 is 2.60 bits per heavy atom. The Kier molecular flexibility index (Phi) is 5.54. The minimum atomic E-state index is -3.12. The van der Waals surface area contributed by atoms with E-state index in [2.05, 4.69) is 22.0 Å². The summed E-state index contributed by atoms with van der Waals surface area (Å²) in [5.74, 6) is 0. The molecule has 0 aliphatic carbocycles. The fourth-order valence-electron chi connectivity index (χ4n) is 3.60. The van der Waals surface area contributed by atoms with Gasteiger partial charge in [-0.3, -0.25) is 9.88 Å². The molecule has 0 bridgehead atoms.